The Bertz CT molecular complexity index is 1210. The van der Waals surface area contributed by atoms with Gasteiger partial charge in [-0.1, -0.05) is 35.9 Å². The lowest BCUT2D eigenvalue weighted by atomic mass is 10.1. The van der Waals surface area contributed by atoms with Crippen molar-refractivity contribution in [3.05, 3.63) is 69.5 Å². The summed E-state index contributed by atoms with van der Waals surface area (Å²) in [5.74, 6) is -0.904. The Morgan fingerprint density at radius 1 is 1.09 bits per heavy atom. The second-order valence-electron chi connectivity index (χ2n) is 7.33. The maximum absolute atomic E-state index is 13.7. The van der Waals surface area contributed by atoms with Gasteiger partial charge in [0.2, 0.25) is 0 Å². The molecule has 8 nitrogen and oxygen atoms in total. The first-order valence-electron chi connectivity index (χ1n) is 10.6. The molecule has 9 heteroatoms. The fraction of sp³-hybridized carbons (Fsp3) is 0.292. The quantitative estimate of drug-likeness (QED) is 0.469. The van der Waals surface area contributed by atoms with Crippen LogP contribution in [0.15, 0.2) is 53.3 Å². The van der Waals surface area contributed by atoms with E-state index in [4.69, 9.17) is 16.3 Å². The minimum absolute atomic E-state index is 0.00171. The fourth-order valence-corrected chi connectivity index (χ4v) is 3.81. The lowest BCUT2D eigenvalue weighted by Crippen LogP contribution is -2.38. The minimum Gasteiger partial charge on any atom is -0.482 e. The zero-order valence-electron chi connectivity index (χ0n) is 18.9. The molecule has 0 radical (unpaired) electrons. The molecule has 3 rings (SSSR count). The predicted octanol–water partition coefficient (Wildman–Crippen LogP) is 2.57. The summed E-state index contributed by atoms with van der Waals surface area (Å²) < 4.78 is 7.20. The third-order valence-corrected chi connectivity index (χ3v) is 5.53. The largest absolute Gasteiger partial charge is 0.482 e. The van der Waals surface area contributed by atoms with Crippen molar-refractivity contribution in [2.45, 2.75) is 6.92 Å². The second kappa shape index (κ2) is 11.0. The van der Waals surface area contributed by atoms with Gasteiger partial charge in [0, 0.05) is 32.4 Å². The number of hydrogen-bond donors (Lipinski definition) is 2. The first-order chi connectivity index (χ1) is 15.9. The van der Waals surface area contributed by atoms with Gasteiger partial charge in [0.25, 0.3) is 17.4 Å². The second-order valence-corrected chi connectivity index (χ2v) is 7.74. The number of pyridine rings is 1. The van der Waals surface area contributed by atoms with Crippen LogP contribution in [0.4, 0.5) is 5.69 Å². The third kappa shape index (κ3) is 5.18. The molecule has 0 atom stereocenters. The lowest BCUT2D eigenvalue weighted by molar-refractivity contribution is -0.123. The van der Waals surface area contributed by atoms with Gasteiger partial charge in [0.1, 0.15) is 11.3 Å². The van der Waals surface area contributed by atoms with Gasteiger partial charge in [-0.3, -0.25) is 14.4 Å². The molecule has 3 aromatic rings. The molecular weight excluding hydrogens is 444 g/mol. The Labute approximate surface area is 197 Å². The third-order valence-electron chi connectivity index (χ3n) is 5.21. The first kappa shape index (κ1) is 24.3. The fourth-order valence-electron chi connectivity index (χ4n) is 3.55. The molecule has 0 saturated carbocycles. The molecule has 0 saturated heterocycles. The Hall–Kier alpha value is -3.36. The van der Waals surface area contributed by atoms with Gasteiger partial charge in [0.15, 0.2) is 6.61 Å². The van der Waals surface area contributed by atoms with E-state index >= 15 is 0 Å². The van der Waals surface area contributed by atoms with Crippen molar-refractivity contribution in [2.75, 3.05) is 38.2 Å². The number of hydrogen-bond acceptors (Lipinski definition) is 5. The summed E-state index contributed by atoms with van der Waals surface area (Å²) in [6.45, 7) is 2.80. The molecule has 1 heterocycles. The van der Waals surface area contributed by atoms with Gasteiger partial charge in [-0.2, -0.15) is 0 Å². The molecule has 0 aliphatic heterocycles. The molecule has 33 heavy (non-hydrogen) atoms. The SMILES string of the molecule is CCN(C(=O)c1c(OCC(=O)NCCNC)c2c(Cl)cccc2n(C)c1=O)c1ccccc1. The van der Waals surface area contributed by atoms with Crippen molar-refractivity contribution in [1.82, 2.24) is 15.2 Å². The highest BCUT2D eigenvalue weighted by Gasteiger charge is 2.28. The molecule has 174 valence electrons. The number of nitrogens with one attached hydrogen (secondary N) is 2. The van der Waals surface area contributed by atoms with E-state index in [2.05, 4.69) is 10.6 Å². The molecule has 2 aromatic carbocycles. The lowest BCUT2D eigenvalue weighted by Gasteiger charge is -2.23. The van der Waals surface area contributed by atoms with E-state index < -0.39 is 11.5 Å². The Balaban J connectivity index is 2.13. The van der Waals surface area contributed by atoms with Gasteiger partial charge in [0.05, 0.1) is 15.9 Å². The highest BCUT2D eigenvalue weighted by molar-refractivity contribution is 6.36. The van der Waals surface area contributed by atoms with Crippen LogP contribution in [0.25, 0.3) is 10.9 Å². The molecule has 0 fully saturated rings. The summed E-state index contributed by atoms with van der Waals surface area (Å²) in [5, 5.41) is 6.36. The maximum Gasteiger partial charge on any atom is 0.267 e. The Morgan fingerprint density at radius 2 is 1.82 bits per heavy atom. The summed E-state index contributed by atoms with van der Waals surface area (Å²) in [4.78, 5) is 40.8. The minimum atomic E-state index is -0.533. The molecule has 0 bridgehead atoms. The number of anilines is 1. The summed E-state index contributed by atoms with van der Waals surface area (Å²) in [5.41, 5.74) is 0.432. The van der Waals surface area contributed by atoms with E-state index in [1.54, 1.807) is 44.4 Å². The van der Waals surface area contributed by atoms with Crippen LogP contribution < -0.4 is 25.8 Å². The van der Waals surface area contributed by atoms with Crippen LogP contribution in [0, 0.1) is 0 Å². The van der Waals surface area contributed by atoms with Gasteiger partial charge in [-0.25, -0.2) is 0 Å². The van der Waals surface area contributed by atoms with E-state index in [-0.39, 0.29) is 23.8 Å². The maximum atomic E-state index is 13.7. The molecule has 2 amide bonds. The van der Waals surface area contributed by atoms with Crippen molar-refractivity contribution in [2.24, 2.45) is 7.05 Å². The number of aryl methyl sites for hydroxylation is 1. The predicted molar refractivity (Wildman–Crippen MR) is 130 cm³/mol. The van der Waals surface area contributed by atoms with Gasteiger partial charge in [-0.15, -0.1) is 0 Å². The summed E-state index contributed by atoms with van der Waals surface area (Å²) in [7, 11) is 3.35. The monoisotopic (exact) mass is 470 g/mol. The molecule has 0 aliphatic carbocycles. The smallest absolute Gasteiger partial charge is 0.267 e. The molecule has 1 aromatic heterocycles. The van der Waals surface area contributed by atoms with Crippen LogP contribution in [-0.4, -0.2) is 49.7 Å². The first-order valence-corrected chi connectivity index (χ1v) is 11.0. The summed E-state index contributed by atoms with van der Waals surface area (Å²) >= 11 is 6.48. The number of amides is 2. The van der Waals surface area contributed by atoms with Crippen molar-refractivity contribution in [1.29, 1.82) is 0 Å². The molecule has 0 unspecified atom stereocenters. The highest BCUT2D eigenvalue weighted by Crippen LogP contribution is 2.34. The van der Waals surface area contributed by atoms with Crippen molar-refractivity contribution in [3.63, 3.8) is 0 Å². The zero-order chi connectivity index (χ0) is 24.0. The number of nitrogens with zero attached hydrogens (tertiary/aromatic N) is 2. The van der Waals surface area contributed by atoms with E-state index in [1.807, 2.05) is 25.1 Å². The van der Waals surface area contributed by atoms with Crippen LogP contribution in [0.1, 0.15) is 17.3 Å². The Kier molecular flexibility index (Phi) is 8.08. The number of carbonyl (C=O) groups excluding carboxylic acids is 2. The number of fused-ring (bicyclic) bond motifs is 1. The van der Waals surface area contributed by atoms with E-state index in [0.717, 1.165) is 0 Å². The van der Waals surface area contributed by atoms with Crippen LogP contribution in [0.2, 0.25) is 5.02 Å². The van der Waals surface area contributed by atoms with Crippen molar-refractivity contribution in [3.8, 4) is 5.75 Å². The average molecular weight is 471 g/mol. The van der Waals surface area contributed by atoms with Crippen LogP contribution in [-0.2, 0) is 11.8 Å². The van der Waals surface area contributed by atoms with Crippen molar-refractivity contribution >= 4 is 40.0 Å². The topological polar surface area (TPSA) is 92.7 Å². The van der Waals surface area contributed by atoms with Crippen molar-refractivity contribution < 1.29 is 14.3 Å². The average Bonchev–Trinajstić information content (AvgIpc) is 2.81. The van der Waals surface area contributed by atoms with Crippen LogP contribution >= 0.6 is 11.6 Å². The number of benzene rings is 2. The van der Waals surface area contributed by atoms with Crippen LogP contribution in [0.5, 0.6) is 5.75 Å². The molecular formula is C24H27ClN4O4. The number of ether oxygens (including phenoxy) is 1. The van der Waals surface area contributed by atoms with Gasteiger partial charge in [-0.05, 0) is 38.2 Å². The molecule has 0 spiro atoms. The van der Waals surface area contributed by atoms with Gasteiger partial charge < -0.3 is 24.8 Å². The number of para-hydroxylation sites is 1. The van der Waals surface area contributed by atoms with E-state index in [0.29, 0.717) is 41.2 Å². The molecule has 2 N–H and O–H groups in total. The van der Waals surface area contributed by atoms with E-state index in [9.17, 15) is 14.4 Å². The number of likely N-dealkylation sites (N-methyl/N-ethyl adjacent to an activating group) is 1. The normalized spacial score (nSPS) is 10.8. The standard InChI is InChI=1S/C24H27ClN4O4/c1-4-29(16-9-6-5-7-10-16)24(32)21-22(33-15-19(30)27-14-13-26-2)20-17(25)11-8-12-18(20)28(3)23(21)31/h5-12,26H,4,13-15H2,1-3H3,(H,27,30). The Morgan fingerprint density at radius 3 is 2.48 bits per heavy atom. The number of halogens is 1. The summed E-state index contributed by atoms with van der Waals surface area (Å²) in [6, 6.07) is 14.1. The zero-order valence-corrected chi connectivity index (χ0v) is 19.6. The summed E-state index contributed by atoms with van der Waals surface area (Å²) in [6.07, 6.45) is 0. The number of carbonyl (C=O) groups is 2. The highest BCUT2D eigenvalue weighted by atomic mass is 35.5. The number of rotatable bonds is 9. The molecule has 0 aliphatic rings. The van der Waals surface area contributed by atoms with E-state index in [1.165, 1.54) is 9.47 Å². The number of aromatic nitrogens is 1. The van der Waals surface area contributed by atoms with Gasteiger partial charge >= 0.3 is 0 Å². The van der Waals surface area contributed by atoms with Crippen LogP contribution in [0.3, 0.4) is 0 Å².